The van der Waals surface area contributed by atoms with Gasteiger partial charge >= 0.3 is 18.6 Å². The first kappa shape index (κ1) is 28.4. The summed E-state index contributed by atoms with van der Waals surface area (Å²) >= 11 is 0. The van der Waals surface area contributed by atoms with Crippen LogP contribution in [-0.4, -0.2) is 84.1 Å². The number of hydrogen-bond donors (Lipinski definition) is 1. The fourth-order valence-electron chi connectivity index (χ4n) is 6.01. The lowest BCUT2D eigenvalue weighted by atomic mass is 9.52. The molecule has 2 bridgehead atoms. The molecule has 12 heteroatoms. The van der Waals surface area contributed by atoms with E-state index in [2.05, 4.69) is 15.3 Å². The molecule has 0 saturated carbocycles. The summed E-state index contributed by atoms with van der Waals surface area (Å²) in [7, 11) is 4.81. The first-order valence-electron chi connectivity index (χ1n) is 13.1. The Kier molecular flexibility index (Phi) is 8.17. The number of ether oxygens (including phenoxy) is 1. The first-order valence-corrected chi connectivity index (χ1v) is 13.1. The zero-order valence-electron chi connectivity index (χ0n) is 22.9. The molecule has 39 heavy (non-hydrogen) atoms. The third-order valence-corrected chi connectivity index (χ3v) is 7.84. The van der Waals surface area contributed by atoms with Crippen LogP contribution in [0.3, 0.4) is 0 Å². The van der Waals surface area contributed by atoms with Crippen LogP contribution in [0.4, 0.5) is 0 Å². The van der Waals surface area contributed by atoms with Crippen LogP contribution in [-0.2, 0) is 34.9 Å². The van der Waals surface area contributed by atoms with Gasteiger partial charge in [-0.3, -0.25) is 14.6 Å². The zero-order valence-corrected chi connectivity index (χ0v) is 22.9. The highest BCUT2D eigenvalue weighted by Crippen LogP contribution is 2.51. The Hall–Kier alpha value is -3.64. The van der Waals surface area contributed by atoms with Crippen molar-refractivity contribution in [2.45, 2.75) is 57.1 Å². The summed E-state index contributed by atoms with van der Waals surface area (Å²) in [6.45, 7) is 1.56. The molecule has 3 heterocycles. The van der Waals surface area contributed by atoms with Crippen LogP contribution in [0.2, 0.25) is 5.82 Å². The van der Waals surface area contributed by atoms with E-state index in [1.807, 2.05) is 44.2 Å². The molecular weight excluding hydrogens is 503 g/mol. The minimum absolute atomic E-state index is 0.0153. The second kappa shape index (κ2) is 11.2. The van der Waals surface area contributed by atoms with Crippen molar-refractivity contribution in [1.29, 1.82) is 0 Å². The van der Waals surface area contributed by atoms with Gasteiger partial charge in [-0.2, -0.15) is 0 Å². The predicted molar refractivity (Wildman–Crippen MR) is 141 cm³/mol. The molecule has 4 rings (SSSR count). The van der Waals surface area contributed by atoms with E-state index in [0.717, 1.165) is 5.56 Å². The highest BCUT2D eigenvalue weighted by molar-refractivity contribution is 6.66. The summed E-state index contributed by atoms with van der Waals surface area (Å²) < 4.78 is 17.1. The molecule has 2 saturated heterocycles. The van der Waals surface area contributed by atoms with E-state index in [9.17, 15) is 19.2 Å². The third-order valence-electron chi connectivity index (χ3n) is 7.84. The van der Waals surface area contributed by atoms with E-state index in [0.29, 0.717) is 6.42 Å². The Bertz CT molecular complexity index is 1230. The molecule has 0 radical (unpaired) electrons. The molecule has 1 unspecified atom stereocenters. The average Bonchev–Trinajstić information content (AvgIpc) is 3.27. The molecule has 5 atom stereocenters. The quantitative estimate of drug-likeness (QED) is 0.335. The summed E-state index contributed by atoms with van der Waals surface area (Å²) in [5.74, 6) is -2.38. The second-order valence-electron chi connectivity index (χ2n) is 11.2. The summed E-state index contributed by atoms with van der Waals surface area (Å²) in [5, 5.41) is 2.83. The van der Waals surface area contributed by atoms with Crippen molar-refractivity contribution in [3.8, 4) is 0 Å². The number of Topliss-reactive ketones (excluding diaryl/α,β-unsaturated/α-hetero) is 1. The van der Waals surface area contributed by atoms with E-state index < -0.39 is 48.5 Å². The summed E-state index contributed by atoms with van der Waals surface area (Å²) in [4.78, 5) is 60.4. The lowest BCUT2D eigenvalue weighted by molar-refractivity contribution is -0.802. The van der Waals surface area contributed by atoms with Gasteiger partial charge < -0.3 is 23.8 Å². The molecule has 0 spiro atoms. The number of carbonyl (C=O) groups is 4. The predicted octanol–water partition coefficient (Wildman–Crippen LogP) is 1.71. The zero-order chi connectivity index (χ0) is 28.4. The van der Waals surface area contributed by atoms with E-state index in [-0.39, 0.29) is 34.6 Å². The number of likely N-dealkylation sites (N-methyl/N-ethyl adjacent to an activating group) is 1. The third kappa shape index (κ3) is 5.44. The van der Waals surface area contributed by atoms with Gasteiger partial charge in [-0.1, -0.05) is 50.6 Å². The molecule has 1 aromatic carbocycles. The number of benzene rings is 1. The van der Waals surface area contributed by atoms with Gasteiger partial charge in [-0.05, 0) is 30.1 Å². The average molecular weight is 538 g/mol. The molecule has 1 aromatic heterocycles. The van der Waals surface area contributed by atoms with Gasteiger partial charge in [0.05, 0.1) is 19.3 Å². The Morgan fingerprint density at radius 2 is 1.87 bits per heavy atom. The highest BCUT2D eigenvalue weighted by atomic mass is 16.7. The van der Waals surface area contributed by atoms with Gasteiger partial charge in [0.2, 0.25) is 0 Å². The maximum absolute atomic E-state index is 14.0. The number of methoxy groups -OCH3 is 1. The number of rotatable bonds is 11. The number of esters is 1. The van der Waals surface area contributed by atoms with Crippen molar-refractivity contribution in [2.24, 2.45) is 5.92 Å². The molecule has 11 nitrogen and oxygen atoms in total. The number of aromatic nitrogens is 2. The molecule has 2 aromatic rings. The molecular formula is C27H35BN4O7. The fraction of sp³-hybridized carbons (Fsp3) is 0.481. The molecule has 208 valence electrons. The fourth-order valence-corrected chi connectivity index (χ4v) is 6.01. The topological polar surface area (TPSA) is 134 Å². The normalized spacial score (nSPS) is 24.6. The van der Waals surface area contributed by atoms with E-state index in [4.69, 9.17) is 14.0 Å². The van der Waals surface area contributed by atoms with Gasteiger partial charge in [-0.25, -0.2) is 14.6 Å². The maximum atomic E-state index is 14.0. The monoisotopic (exact) mass is 538 g/mol. The number of nitrogens with one attached hydrogen (secondary N) is 1. The number of ketones is 1. The van der Waals surface area contributed by atoms with Crippen LogP contribution in [0, 0.1) is 5.92 Å². The molecule has 2 aliphatic heterocycles. The number of quaternary nitrogens is 1. The second-order valence-corrected chi connectivity index (χ2v) is 11.2. The number of nitrogens with zero attached hydrogens (tertiary/aromatic N) is 3. The van der Waals surface area contributed by atoms with Crippen LogP contribution < -0.4 is 5.32 Å². The standard InChI is InChI=1S/C27H35BN4O7/c1-17(2)13-19(28-32(3,4)23(26(35)39-28)24(38-28)27(36)37-5)15-22(33)20(14-18-9-7-6-8-10-18)31-25(34)21-16-29-11-12-30-21/h6-12,16-17,19-20,23-24H,13-15H2,1-5H3,(H,31,34)/t19-,20+,23+,24-,28?/m1/s1. The van der Waals surface area contributed by atoms with Gasteiger partial charge in [-0.15, -0.1) is 0 Å². The summed E-state index contributed by atoms with van der Waals surface area (Å²) in [5.41, 5.74) is 0.959. The largest absolute Gasteiger partial charge is 0.610 e. The van der Waals surface area contributed by atoms with Crippen molar-refractivity contribution >= 4 is 30.3 Å². The maximum Gasteiger partial charge on any atom is 0.532 e. The molecule has 1 amide bonds. The van der Waals surface area contributed by atoms with E-state index in [1.54, 1.807) is 14.1 Å². The lowest BCUT2D eigenvalue weighted by Crippen LogP contribution is -2.63. The number of amides is 1. The van der Waals surface area contributed by atoms with Crippen molar-refractivity contribution in [3.63, 3.8) is 0 Å². The number of hydrogen-bond acceptors (Lipinski definition) is 9. The molecule has 1 N–H and O–H groups in total. The Morgan fingerprint density at radius 1 is 1.15 bits per heavy atom. The van der Waals surface area contributed by atoms with Crippen LogP contribution >= 0.6 is 0 Å². The van der Waals surface area contributed by atoms with Crippen LogP contribution in [0.15, 0.2) is 48.9 Å². The van der Waals surface area contributed by atoms with Gasteiger partial charge in [0.15, 0.2) is 17.9 Å². The van der Waals surface area contributed by atoms with Crippen LogP contribution in [0.25, 0.3) is 0 Å². The first-order chi connectivity index (χ1) is 18.5. The molecule has 2 aliphatic rings. The molecule has 0 aliphatic carbocycles. The van der Waals surface area contributed by atoms with Crippen LogP contribution in [0.5, 0.6) is 0 Å². The Balaban J connectivity index is 1.65. The SMILES string of the molecule is COC(=O)[C@@H]1O[B-]2([C@@H](CC(=O)[C@H](Cc3ccccc3)NC(=O)c3cnccn3)CC(C)C)OC(=O)[C@H]1[N+]2(C)C. The molecule has 2 fully saturated rings. The highest BCUT2D eigenvalue weighted by Gasteiger charge is 2.74. The number of carbonyl (C=O) groups excluding carboxylic acids is 4. The van der Waals surface area contributed by atoms with Gasteiger partial charge in [0.1, 0.15) is 5.69 Å². The minimum atomic E-state index is -2.45. The van der Waals surface area contributed by atoms with E-state index in [1.165, 1.54) is 25.7 Å². The van der Waals surface area contributed by atoms with Crippen molar-refractivity contribution in [3.05, 3.63) is 60.2 Å². The number of fused-ring (bicyclic) bond motifs is 2. The minimum Gasteiger partial charge on any atom is -0.610 e. The van der Waals surface area contributed by atoms with Gasteiger partial charge in [0.25, 0.3) is 5.91 Å². The van der Waals surface area contributed by atoms with Crippen molar-refractivity contribution in [1.82, 2.24) is 15.3 Å². The van der Waals surface area contributed by atoms with Crippen LogP contribution in [0.1, 0.15) is 42.7 Å². The summed E-state index contributed by atoms with van der Waals surface area (Å²) in [6.07, 6.45) is 3.80. The summed E-state index contributed by atoms with van der Waals surface area (Å²) in [6, 6.07) is 7.59. The Labute approximate surface area is 227 Å². The van der Waals surface area contributed by atoms with Gasteiger partial charge in [0, 0.05) is 26.5 Å². The van der Waals surface area contributed by atoms with E-state index >= 15 is 0 Å². The smallest absolute Gasteiger partial charge is 0.532 e. The Morgan fingerprint density at radius 3 is 2.49 bits per heavy atom. The van der Waals surface area contributed by atoms with Crippen molar-refractivity contribution < 1.29 is 37.6 Å². The van der Waals surface area contributed by atoms with Crippen molar-refractivity contribution in [2.75, 3.05) is 21.2 Å². The lowest BCUT2D eigenvalue weighted by Gasteiger charge is -2.46.